The van der Waals surface area contributed by atoms with Crippen LogP contribution in [0.2, 0.25) is 0 Å². The summed E-state index contributed by atoms with van der Waals surface area (Å²) in [5, 5.41) is 7.37. The number of aromatic nitrogens is 4. The maximum atomic E-state index is 12.1. The van der Waals surface area contributed by atoms with E-state index >= 15 is 0 Å². The summed E-state index contributed by atoms with van der Waals surface area (Å²) in [6.45, 7) is 5.79. The molecule has 5 nitrogen and oxygen atoms in total. The Balaban J connectivity index is 2.06. The van der Waals surface area contributed by atoms with Gasteiger partial charge < -0.3 is 4.57 Å². The van der Waals surface area contributed by atoms with Crippen molar-refractivity contribution >= 4 is 17.5 Å². The maximum Gasteiger partial charge on any atom is 0.208 e. The van der Waals surface area contributed by atoms with E-state index in [4.69, 9.17) is 0 Å². The second-order valence-electron chi connectivity index (χ2n) is 4.26. The number of aryl methyl sites for hydroxylation is 2. The van der Waals surface area contributed by atoms with Crippen molar-refractivity contribution in [3.05, 3.63) is 28.8 Å². The van der Waals surface area contributed by atoms with E-state index in [1.54, 1.807) is 0 Å². The van der Waals surface area contributed by atoms with Crippen LogP contribution in [-0.4, -0.2) is 31.3 Å². The molecule has 6 heteroatoms. The third-order valence-corrected chi connectivity index (χ3v) is 3.83. The van der Waals surface area contributed by atoms with E-state index in [2.05, 4.69) is 15.2 Å². The Kier molecular flexibility index (Phi) is 3.56. The molecule has 0 aliphatic heterocycles. The van der Waals surface area contributed by atoms with Crippen LogP contribution >= 0.6 is 11.8 Å². The van der Waals surface area contributed by atoms with E-state index in [1.165, 1.54) is 11.8 Å². The summed E-state index contributed by atoms with van der Waals surface area (Å²) >= 11 is 1.36. The molecule has 2 rings (SSSR count). The molecule has 0 spiro atoms. The molecule has 96 valence electrons. The molecule has 0 unspecified atom stereocenters. The van der Waals surface area contributed by atoms with Crippen molar-refractivity contribution in [2.75, 3.05) is 5.75 Å². The summed E-state index contributed by atoms with van der Waals surface area (Å²) in [5.41, 5.74) is 2.88. The highest BCUT2D eigenvalue weighted by Crippen LogP contribution is 2.18. The van der Waals surface area contributed by atoms with Gasteiger partial charge in [0, 0.05) is 24.0 Å². The SMILES string of the molecule is Cc1nc(SCC(=O)c2cc(C)n(C)c2C)n[nH]1. The average molecular weight is 264 g/mol. The highest BCUT2D eigenvalue weighted by atomic mass is 32.2. The van der Waals surface area contributed by atoms with Crippen LogP contribution in [0.25, 0.3) is 0 Å². The first-order valence-electron chi connectivity index (χ1n) is 5.67. The molecule has 0 amide bonds. The van der Waals surface area contributed by atoms with Crippen LogP contribution in [0, 0.1) is 20.8 Å². The van der Waals surface area contributed by atoms with Gasteiger partial charge in [-0.05, 0) is 26.8 Å². The Morgan fingerprint density at radius 1 is 1.44 bits per heavy atom. The highest BCUT2D eigenvalue weighted by Gasteiger charge is 2.15. The summed E-state index contributed by atoms with van der Waals surface area (Å²) < 4.78 is 2.02. The van der Waals surface area contributed by atoms with Gasteiger partial charge in [0.2, 0.25) is 5.16 Å². The van der Waals surface area contributed by atoms with Crippen LogP contribution < -0.4 is 0 Å². The van der Waals surface area contributed by atoms with Crippen molar-refractivity contribution in [3.8, 4) is 0 Å². The number of nitrogens with zero attached hydrogens (tertiary/aromatic N) is 3. The first-order valence-corrected chi connectivity index (χ1v) is 6.65. The smallest absolute Gasteiger partial charge is 0.208 e. The summed E-state index contributed by atoms with van der Waals surface area (Å²) in [5.74, 6) is 1.24. The molecular formula is C12H16N4OS. The number of carbonyl (C=O) groups is 1. The lowest BCUT2D eigenvalue weighted by Crippen LogP contribution is -2.04. The molecule has 0 saturated heterocycles. The van der Waals surface area contributed by atoms with Gasteiger partial charge in [-0.25, -0.2) is 4.98 Å². The number of aromatic amines is 1. The zero-order valence-corrected chi connectivity index (χ0v) is 11.8. The van der Waals surface area contributed by atoms with Crippen molar-refractivity contribution in [2.24, 2.45) is 7.05 Å². The topological polar surface area (TPSA) is 63.6 Å². The molecule has 1 N–H and O–H groups in total. The van der Waals surface area contributed by atoms with E-state index in [0.29, 0.717) is 10.9 Å². The van der Waals surface area contributed by atoms with Crippen LogP contribution in [-0.2, 0) is 7.05 Å². The number of carbonyl (C=O) groups excluding carboxylic acids is 1. The Labute approximate surface area is 110 Å². The second kappa shape index (κ2) is 4.97. The predicted octanol–water partition coefficient (Wildman–Crippen LogP) is 2.04. The molecule has 2 heterocycles. The molecule has 0 atom stereocenters. The van der Waals surface area contributed by atoms with Gasteiger partial charge in [-0.15, -0.1) is 5.10 Å². The molecule has 0 radical (unpaired) electrons. The summed E-state index contributed by atoms with van der Waals surface area (Å²) in [6.07, 6.45) is 0. The first-order chi connectivity index (χ1) is 8.49. The van der Waals surface area contributed by atoms with Gasteiger partial charge in [-0.3, -0.25) is 9.89 Å². The summed E-state index contributed by atoms with van der Waals surface area (Å²) in [6, 6.07) is 1.93. The van der Waals surface area contributed by atoms with Gasteiger partial charge >= 0.3 is 0 Å². The molecule has 0 aliphatic carbocycles. The number of rotatable bonds is 4. The molecular weight excluding hydrogens is 248 g/mol. The lowest BCUT2D eigenvalue weighted by Gasteiger charge is -2.01. The quantitative estimate of drug-likeness (QED) is 0.678. The van der Waals surface area contributed by atoms with E-state index in [-0.39, 0.29) is 5.78 Å². The predicted molar refractivity (Wildman–Crippen MR) is 71.1 cm³/mol. The van der Waals surface area contributed by atoms with Crippen molar-refractivity contribution in [1.29, 1.82) is 0 Å². The molecule has 2 aromatic heterocycles. The minimum absolute atomic E-state index is 0.114. The van der Waals surface area contributed by atoms with E-state index in [9.17, 15) is 4.79 Å². The van der Waals surface area contributed by atoms with Crippen LogP contribution in [0.3, 0.4) is 0 Å². The zero-order valence-electron chi connectivity index (χ0n) is 10.9. The maximum absolute atomic E-state index is 12.1. The lowest BCUT2D eigenvalue weighted by atomic mass is 10.2. The van der Waals surface area contributed by atoms with Crippen LogP contribution in [0.4, 0.5) is 0 Å². The number of hydrogen-bond acceptors (Lipinski definition) is 4. The van der Waals surface area contributed by atoms with Crippen molar-refractivity contribution in [3.63, 3.8) is 0 Å². The average Bonchev–Trinajstić information content (AvgIpc) is 2.86. The summed E-state index contributed by atoms with van der Waals surface area (Å²) in [7, 11) is 1.97. The number of nitrogens with one attached hydrogen (secondary N) is 1. The fourth-order valence-corrected chi connectivity index (χ4v) is 2.46. The summed E-state index contributed by atoms with van der Waals surface area (Å²) in [4.78, 5) is 16.3. The largest absolute Gasteiger partial charge is 0.351 e. The van der Waals surface area contributed by atoms with Crippen LogP contribution in [0.15, 0.2) is 11.2 Å². The van der Waals surface area contributed by atoms with Gasteiger partial charge in [0.1, 0.15) is 5.82 Å². The third-order valence-electron chi connectivity index (χ3n) is 2.98. The van der Waals surface area contributed by atoms with Gasteiger partial charge in [0.05, 0.1) is 5.75 Å². The minimum Gasteiger partial charge on any atom is -0.351 e. The molecule has 0 aromatic carbocycles. The lowest BCUT2D eigenvalue weighted by molar-refractivity contribution is 0.102. The number of H-pyrrole nitrogens is 1. The van der Waals surface area contributed by atoms with Crippen LogP contribution in [0.1, 0.15) is 27.6 Å². The van der Waals surface area contributed by atoms with E-state index in [1.807, 2.05) is 38.5 Å². The van der Waals surface area contributed by atoms with Gasteiger partial charge in [-0.1, -0.05) is 11.8 Å². The first kappa shape index (κ1) is 12.9. The fraction of sp³-hybridized carbons (Fsp3) is 0.417. The molecule has 0 fully saturated rings. The Bertz CT molecular complexity index is 585. The second-order valence-corrected chi connectivity index (χ2v) is 5.20. The number of ketones is 1. The molecule has 2 aromatic rings. The van der Waals surface area contributed by atoms with Gasteiger partial charge in [0.15, 0.2) is 5.78 Å². The Morgan fingerprint density at radius 2 is 2.17 bits per heavy atom. The number of Topliss-reactive ketones (excluding diaryl/α,β-unsaturated/α-hetero) is 1. The third kappa shape index (κ3) is 2.48. The zero-order chi connectivity index (χ0) is 13.3. The molecule has 18 heavy (non-hydrogen) atoms. The van der Waals surface area contributed by atoms with Gasteiger partial charge in [-0.2, -0.15) is 0 Å². The molecule has 0 aliphatic rings. The van der Waals surface area contributed by atoms with Crippen molar-refractivity contribution < 1.29 is 4.79 Å². The van der Waals surface area contributed by atoms with E-state index < -0.39 is 0 Å². The minimum atomic E-state index is 0.114. The number of hydrogen-bond donors (Lipinski definition) is 1. The normalized spacial score (nSPS) is 10.9. The monoisotopic (exact) mass is 264 g/mol. The van der Waals surface area contributed by atoms with E-state index in [0.717, 1.165) is 22.8 Å². The molecule has 0 saturated carbocycles. The number of thioether (sulfide) groups is 1. The molecule has 0 bridgehead atoms. The van der Waals surface area contributed by atoms with Gasteiger partial charge in [0.25, 0.3) is 0 Å². The standard InChI is InChI=1S/C12H16N4OS/c1-7-5-10(8(2)16(7)4)11(17)6-18-12-13-9(3)14-15-12/h5H,6H2,1-4H3,(H,13,14,15). The Morgan fingerprint density at radius 3 is 2.67 bits per heavy atom. The fourth-order valence-electron chi connectivity index (χ4n) is 1.73. The van der Waals surface area contributed by atoms with Crippen molar-refractivity contribution in [2.45, 2.75) is 25.9 Å². The Hall–Kier alpha value is -1.56. The van der Waals surface area contributed by atoms with Crippen LogP contribution in [0.5, 0.6) is 0 Å². The van der Waals surface area contributed by atoms with Crippen molar-refractivity contribution in [1.82, 2.24) is 19.7 Å². The highest BCUT2D eigenvalue weighted by molar-refractivity contribution is 7.99.